The van der Waals surface area contributed by atoms with E-state index in [1.54, 1.807) is 18.1 Å². The standard InChI is InChI=1S/C20H26BrN7S/c1-27(2)29-16-8-6-14(7-9-16)25-19-11-18(24-15-5-3-4-13(22)10-15)26-20-17(21)12-23-28(19)20/h6-9,11-13,15,25H,3-5,10,22H2,1-2H3,(H,24,26). The quantitative estimate of drug-likeness (QED) is 0.453. The Morgan fingerprint density at radius 2 is 2.03 bits per heavy atom. The van der Waals surface area contributed by atoms with E-state index in [0.717, 1.165) is 53.1 Å². The third-order valence-electron chi connectivity index (χ3n) is 4.91. The number of nitrogens with zero attached hydrogens (tertiary/aromatic N) is 4. The molecule has 29 heavy (non-hydrogen) atoms. The first-order valence-corrected chi connectivity index (χ1v) is 11.3. The van der Waals surface area contributed by atoms with Crippen molar-refractivity contribution >= 4 is 50.8 Å². The van der Waals surface area contributed by atoms with Gasteiger partial charge in [0.15, 0.2) is 5.65 Å². The Labute approximate surface area is 183 Å². The van der Waals surface area contributed by atoms with Gasteiger partial charge in [-0.25, -0.2) is 4.98 Å². The highest BCUT2D eigenvalue weighted by Crippen LogP contribution is 2.28. The minimum absolute atomic E-state index is 0.267. The van der Waals surface area contributed by atoms with Gasteiger partial charge in [-0.15, -0.1) is 0 Å². The molecule has 2 unspecified atom stereocenters. The lowest BCUT2D eigenvalue weighted by Crippen LogP contribution is -2.35. The van der Waals surface area contributed by atoms with Crippen LogP contribution in [0.3, 0.4) is 0 Å². The Kier molecular flexibility index (Phi) is 6.29. The lowest BCUT2D eigenvalue weighted by molar-refractivity contribution is 0.409. The van der Waals surface area contributed by atoms with Gasteiger partial charge in [-0.05, 0) is 91.9 Å². The van der Waals surface area contributed by atoms with Gasteiger partial charge in [0, 0.05) is 28.7 Å². The Morgan fingerprint density at radius 3 is 2.76 bits per heavy atom. The first kappa shape index (κ1) is 20.5. The number of benzene rings is 1. The van der Waals surface area contributed by atoms with Crippen molar-refractivity contribution in [3.05, 3.63) is 41.0 Å². The highest BCUT2D eigenvalue weighted by molar-refractivity contribution is 9.10. The summed E-state index contributed by atoms with van der Waals surface area (Å²) in [6.45, 7) is 0. The largest absolute Gasteiger partial charge is 0.367 e. The molecule has 0 radical (unpaired) electrons. The van der Waals surface area contributed by atoms with Gasteiger partial charge in [-0.1, -0.05) is 0 Å². The summed E-state index contributed by atoms with van der Waals surface area (Å²) in [7, 11) is 4.07. The fourth-order valence-corrected chi connectivity index (χ4v) is 4.65. The van der Waals surface area contributed by atoms with E-state index in [-0.39, 0.29) is 6.04 Å². The van der Waals surface area contributed by atoms with Gasteiger partial charge in [0.2, 0.25) is 0 Å². The van der Waals surface area contributed by atoms with Crippen molar-refractivity contribution in [1.29, 1.82) is 0 Å². The fourth-order valence-electron chi connectivity index (χ4n) is 3.62. The maximum Gasteiger partial charge on any atom is 0.173 e. The van der Waals surface area contributed by atoms with Crippen molar-refractivity contribution in [3.63, 3.8) is 0 Å². The zero-order valence-electron chi connectivity index (χ0n) is 16.6. The van der Waals surface area contributed by atoms with E-state index in [2.05, 4.69) is 60.2 Å². The molecule has 7 nitrogen and oxygen atoms in total. The summed E-state index contributed by atoms with van der Waals surface area (Å²) >= 11 is 5.25. The lowest BCUT2D eigenvalue weighted by Gasteiger charge is -2.28. The van der Waals surface area contributed by atoms with Crippen LogP contribution in [-0.2, 0) is 0 Å². The Hall–Kier alpha value is -1.81. The van der Waals surface area contributed by atoms with Gasteiger partial charge in [-0.2, -0.15) is 9.61 Å². The average Bonchev–Trinajstić information content (AvgIpc) is 3.04. The molecular formula is C20H26BrN7S. The molecule has 1 aliphatic rings. The van der Waals surface area contributed by atoms with Crippen LogP contribution in [0.1, 0.15) is 25.7 Å². The molecule has 0 saturated heterocycles. The van der Waals surface area contributed by atoms with Crippen LogP contribution >= 0.6 is 27.9 Å². The van der Waals surface area contributed by atoms with Gasteiger partial charge >= 0.3 is 0 Å². The Bertz CT molecular complexity index is 973. The summed E-state index contributed by atoms with van der Waals surface area (Å²) in [6, 6.07) is 11.0. The molecule has 2 aromatic heterocycles. The lowest BCUT2D eigenvalue weighted by atomic mass is 9.92. The molecule has 1 aliphatic carbocycles. The first-order chi connectivity index (χ1) is 14.0. The van der Waals surface area contributed by atoms with Crippen molar-refractivity contribution in [3.8, 4) is 0 Å². The third kappa shape index (κ3) is 5.03. The number of hydrogen-bond acceptors (Lipinski definition) is 7. The number of hydrogen-bond donors (Lipinski definition) is 3. The van der Waals surface area contributed by atoms with Gasteiger partial charge in [0.1, 0.15) is 11.6 Å². The number of nitrogens with two attached hydrogens (primary N) is 1. The second-order valence-corrected chi connectivity index (χ2v) is 9.81. The minimum atomic E-state index is 0.267. The van der Waals surface area contributed by atoms with E-state index in [1.807, 2.05) is 24.7 Å². The van der Waals surface area contributed by atoms with Crippen LogP contribution in [0.25, 0.3) is 5.65 Å². The van der Waals surface area contributed by atoms with Crippen LogP contribution in [0, 0.1) is 0 Å². The molecule has 1 saturated carbocycles. The third-order valence-corrected chi connectivity index (χ3v) is 6.32. The average molecular weight is 476 g/mol. The molecular weight excluding hydrogens is 450 g/mol. The van der Waals surface area contributed by atoms with E-state index in [1.165, 1.54) is 4.90 Å². The molecule has 0 aliphatic heterocycles. The SMILES string of the molecule is CN(C)Sc1ccc(Nc2cc(NC3CCCC(N)C3)nc3c(Br)cnn23)cc1. The van der Waals surface area contributed by atoms with Crippen LogP contribution < -0.4 is 16.4 Å². The molecule has 1 aromatic carbocycles. The molecule has 0 bridgehead atoms. The smallest absolute Gasteiger partial charge is 0.173 e. The normalized spacial score (nSPS) is 19.6. The molecule has 2 atom stereocenters. The van der Waals surface area contributed by atoms with Crippen LogP contribution in [-0.4, -0.2) is 45.1 Å². The Morgan fingerprint density at radius 1 is 1.24 bits per heavy atom. The van der Waals surface area contributed by atoms with Crippen LogP contribution in [0.15, 0.2) is 45.9 Å². The second-order valence-electron chi connectivity index (χ2n) is 7.58. The van der Waals surface area contributed by atoms with Crippen molar-refractivity contribution in [1.82, 2.24) is 18.9 Å². The molecule has 154 valence electrons. The van der Waals surface area contributed by atoms with E-state index < -0.39 is 0 Å². The maximum atomic E-state index is 6.15. The minimum Gasteiger partial charge on any atom is -0.367 e. The number of rotatable bonds is 6. The molecule has 0 spiro atoms. The van der Waals surface area contributed by atoms with E-state index in [9.17, 15) is 0 Å². The molecule has 4 rings (SSSR count). The summed E-state index contributed by atoms with van der Waals surface area (Å²) < 4.78 is 4.75. The monoisotopic (exact) mass is 475 g/mol. The van der Waals surface area contributed by atoms with Gasteiger partial charge in [-0.3, -0.25) is 4.31 Å². The molecule has 9 heteroatoms. The molecule has 0 amide bonds. The van der Waals surface area contributed by atoms with Crippen LogP contribution in [0.4, 0.5) is 17.3 Å². The van der Waals surface area contributed by atoms with Gasteiger partial charge in [0.05, 0.1) is 10.7 Å². The predicted octanol–water partition coefficient (Wildman–Crippen LogP) is 4.49. The predicted molar refractivity (Wildman–Crippen MR) is 124 cm³/mol. The zero-order valence-corrected chi connectivity index (χ0v) is 19.0. The summed E-state index contributed by atoms with van der Waals surface area (Å²) in [4.78, 5) is 5.95. The molecule has 1 fully saturated rings. The van der Waals surface area contributed by atoms with Crippen molar-refractivity contribution in [2.75, 3.05) is 24.7 Å². The zero-order chi connectivity index (χ0) is 20.4. The number of aromatic nitrogens is 3. The highest BCUT2D eigenvalue weighted by atomic mass is 79.9. The topological polar surface area (TPSA) is 83.5 Å². The highest BCUT2D eigenvalue weighted by Gasteiger charge is 2.20. The summed E-state index contributed by atoms with van der Waals surface area (Å²) in [6.07, 6.45) is 6.12. The van der Waals surface area contributed by atoms with Crippen molar-refractivity contribution in [2.45, 2.75) is 42.7 Å². The van der Waals surface area contributed by atoms with Gasteiger partial charge < -0.3 is 16.4 Å². The summed E-state index contributed by atoms with van der Waals surface area (Å²) in [5.74, 6) is 1.69. The number of halogens is 1. The first-order valence-electron chi connectivity index (χ1n) is 9.77. The van der Waals surface area contributed by atoms with E-state index in [0.29, 0.717) is 6.04 Å². The van der Waals surface area contributed by atoms with E-state index >= 15 is 0 Å². The van der Waals surface area contributed by atoms with Gasteiger partial charge in [0.25, 0.3) is 0 Å². The van der Waals surface area contributed by atoms with Crippen LogP contribution in [0.5, 0.6) is 0 Å². The number of fused-ring (bicyclic) bond motifs is 1. The summed E-state index contributed by atoms with van der Waals surface area (Å²) in [5.41, 5.74) is 7.93. The summed E-state index contributed by atoms with van der Waals surface area (Å²) in [5, 5.41) is 11.5. The van der Waals surface area contributed by atoms with E-state index in [4.69, 9.17) is 10.7 Å². The molecule has 4 N–H and O–H groups in total. The molecule has 3 aromatic rings. The van der Waals surface area contributed by atoms with Crippen molar-refractivity contribution < 1.29 is 0 Å². The molecule has 2 heterocycles. The fraction of sp³-hybridized carbons (Fsp3) is 0.400. The number of nitrogens with one attached hydrogen (secondary N) is 2. The maximum absolute atomic E-state index is 6.15. The Balaban J connectivity index is 1.59. The number of anilines is 3. The second kappa shape index (κ2) is 8.91. The van der Waals surface area contributed by atoms with Crippen LogP contribution in [0.2, 0.25) is 0 Å². The van der Waals surface area contributed by atoms with Crippen molar-refractivity contribution in [2.24, 2.45) is 5.73 Å².